The Morgan fingerprint density at radius 2 is 2.21 bits per heavy atom. The maximum absolute atomic E-state index is 10.4. The van der Waals surface area contributed by atoms with Gasteiger partial charge in [-0.25, -0.2) is 4.79 Å². The van der Waals surface area contributed by atoms with Crippen molar-refractivity contribution in [2.75, 3.05) is 33.4 Å². The summed E-state index contributed by atoms with van der Waals surface area (Å²) in [6.07, 6.45) is 0.881. The number of nitrogens with zero attached hydrogens (tertiary/aromatic N) is 1. The predicted molar refractivity (Wildman–Crippen MR) is 52.5 cm³/mol. The van der Waals surface area contributed by atoms with E-state index in [-0.39, 0.29) is 6.04 Å². The minimum absolute atomic E-state index is 0.131. The first-order valence-electron chi connectivity index (χ1n) is 4.93. The van der Waals surface area contributed by atoms with Crippen LogP contribution in [0.3, 0.4) is 0 Å². The van der Waals surface area contributed by atoms with Crippen molar-refractivity contribution in [1.29, 1.82) is 0 Å². The van der Waals surface area contributed by atoms with Crippen molar-refractivity contribution in [1.82, 2.24) is 10.2 Å². The van der Waals surface area contributed by atoms with Crippen LogP contribution < -0.4 is 5.32 Å². The predicted octanol–water partition coefficient (Wildman–Crippen LogP) is 0.365. The minimum Gasteiger partial charge on any atom is -0.465 e. The highest BCUT2D eigenvalue weighted by molar-refractivity contribution is 5.64. The minimum atomic E-state index is -0.916. The second-order valence-corrected chi connectivity index (χ2v) is 3.56. The molecule has 0 atom stereocenters. The molecule has 82 valence electrons. The molecule has 0 radical (unpaired) electrons. The highest BCUT2D eigenvalue weighted by Gasteiger charge is 2.19. The number of carbonyl (C=O) groups is 1. The molecule has 1 aliphatic heterocycles. The fourth-order valence-corrected chi connectivity index (χ4v) is 1.70. The standard InChI is InChI=1S/C9H18N2O3/c1-14-7-6-11-4-2-8(3-5-11)10-9(12)13/h8,10H,2-7H2,1H3,(H,12,13). The van der Waals surface area contributed by atoms with Gasteiger partial charge in [-0.1, -0.05) is 0 Å². The van der Waals surface area contributed by atoms with Crippen molar-refractivity contribution in [3.05, 3.63) is 0 Å². The monoisotopic (exact) mass is 202 g/mol. The molecule has 1 aliphatic rings. The molecule has 1 amide bonds. The number of carboxylic acid groups (broad SMARTS) is 1. The Kier molecular flexibility index (Phi) is 4.69. The number of ether oxygens (including phenoxy) is 1. The van der Waals surface area contributed by atoms with E-state index in [2.05, 4.69) is 10.2 Å². The lowest BCUT2D eigenvalue weighted by molar-refractivity contribution is 0.123. The Morgan fingerprint density at radius 3 is 2.71 bits per heavy atom. The smallest absolute Gasteiger partial charge is 0.404 e. The molecule has 1 rings (SSSR count). The van der Waals surface area contributed by atoms with Crippen molar-refractivity contribution < 1.29 is 14.6 Å². The van der Waals surface area contributed by atoms with Gasteiger partial charge < -0.3 is 20.1 Å². The van der Waals surface area contributed by atoms with Gasteiger partial charge in [0.1, 0.15) is 0 Å². The van der Waals surface area contributed by atoms with E-state index in [9.17, 15) is 4.79 Å². The van der Waals surface area contributed by atoms with Crippen LogP contribution in [-0.4, -0.2) is 55.5 Å². The zero-order valence-corrected chi connectivity index (χ0v) is 8.53. The Labute approximate surface area is 84.0 Å². The summed E-state index contributed by atoms with van der Waals surface area (Å²) in [5.41, 5.74) is 0. The number of hydrogen-bond donors (Lipinski definition) is 2. The largest absolute Gasteiger partial charge is 0.465 e. The molecule has 0 aromatic carbocycles. The zero-order valence-electron chi connectivity index (χ0n) is 8.53. The number of hydrogen-bond acceptors (Lipinski definition) is 3. The van der Waals surface area contributed by atoms with Gasteiger partial charge in [0.05, 0.1) is 6.61 Å². The van der Waals surface area contributed by atoms with E-state index in [0.717, 1.165) is 39.1 Å². The summed E-state index contributed by atoms with van der Waals surface area (Å²) >= 11 is 0. The number of likely N-dealkylation sites (tertiary alicyclic amines) is 1. The van der Waals surface area contributed by atoms with Crippen molar-refractivity contribution in [3.8, 4) is 0 Å². The van der Waals surface area contributed by atoms with Gasteiger partial charge in [-0.15, -0.1) is 0 Å². The first-order valence-corrected chi connectivity index (χ1v) is 4.93. The zero-order chi connectivity index (χ0) is 10.4. The third-order valence-electron chi connectivity index (χ3n) is 2.53. The van der Waals surface area contributed by atoms with Crippen LogP contribution in [0.1, 0.15) is 12.8 Å². The number of nitrogens with one attached hydrogen (secondary N) is 1. The summed E-state index contributed by atoms with van der Waals surface area (Å²) in [5, 5.41) is 11.0. The molecular formula is C9H18N2O3. The van der Waals surface area contributed by atoms with Crippen molar-refractivity contribution in [2.45, 2.75) is 18.9 Å². The maximum atomic E-state index is 10.4. The third kappa shape index (κ3) is 3.93. The second-order valence-electron chi connectivity index (χ2n) is 3.56. The molecule has 0 aromatic heterocycles. The second kappa shape index (κ2) is 5.82. The van der Waals surface area contributed by atoms with E-state index < -0.39 is 6.09 Å². The summed E-state index contributed by atoms with van der Waals surface area (Å²) in [6, 6.07) is 0.131. The van der Waals surface area contributed by atoms with Crippen molar-refractivity contribution in [3.63, 3.8) is 0 Å². The molecule has 1 heterocycles. The summed E-state index contributed by atoms with van der Waals surface area (Å²) in [6.45, 7) is 3.59. The SMILES string of the molecule is COCCN1CCC(NC(=O)O)CC1. The summed E-state index contributed by atoms with van der Waals surface area (Å²) in [7, 11) is 1.69. The number of amides is 1. The van der Waals surface area contributed by atoms with Crippen LogP contribution in [0.25, 0.3) is 0 Å². The molecule has 0 unspecified atom stereocenters. The molecule has 2 N–H and O–H groups in total. The Morgan fingerprint density at radius 1 is 1.57 bits per heavy atom. The highest BCUT2D eigenvalue weighted by Crippen LogP contribution is 2.09. The molecule has 14 heavy (non-hydrogen) atoms. The molecule has 5 nitrogen and oxygen atoms in total. The van der Waals surface area contributed by atoms with Crippen LogP contribution in [0.2, 0.25) is 0 Å². The normalized spacial score (nSPS) is 19.5. The number of piperidine rings is 1. The quantitative estimate of drug-likeness (QED) is 0.691. The van der Waals surface area contributed by atoms with Gasteiger partial charge in [-0.2, -0.15) is 0 Å². The van der Waals surface area contributed by atoms with Gasteiger partial charge in [-0.05, 0) is 12.8 Å². The van der Waals surface area contributed by atoms with Gasteiger partial charge >= 0.3 is 6.09 Å². The maximum Gasteiger partial charge on any atom is 0.404 e. The molecule has 1 fully saturated rings. The van der Waals surface area contributed by atoms with E-state index in [1.807, 2.05) is 0 Å². The van der Waals surface area contributed by atoms with E-state index in [1.165, 1.54) is 0 Å². The van der Waals surface area contributed by atoms with Crippen molar-refractivity contribution in [2.24, 2.45) is 0 Å². The van der Waals surface area contributed by atoms with Crippen LogP contribution in [0.4, 0.5) is 4.79 Å². The lowest BCUT2D eigenvalue weighted by Crippen LogP contribution is -2.44. The molecule has 0 spiro atoms. The Hall–Kier alpha value is -0.810. The van der Waals surface area contributed by atoms with Crippen molar-refractivity contribution >= 4 is 6.09 Å². The first kappa shape index (κ1) is 11.3. The lowest BCUT2D eigenvalue weighted by Gasteiger charge is -2.31. The number of methoxy groups -OCH3 is 1. The Bertz CT molecular complexity index is 179. The molecule has 0 bridgehead atoms. The van der Waals surface area contributed by atoms with E-state index in [4.69, 9.17) is 9.84 Å². The Balaban J connectivity index is 2.14. The van der Waals surface area contributed by atoms with Gasteiger partial charge in [0.2, 0.25) is 0 Å². The molecular weight excluding hydrogens is 184 g/mol. The topological polar surface area (TPSA) is 61.8 Å². The average Bonchev–Trinajstić information content (AvgIpc) is 2.16. The van der Waals surface area contributed by atoms with Crippen LogP contribution in [0.5, 0.6) is 0 Å². The molecule has 0 aromatic rings. The van der Waals surface area contributed by atoms with Crippen LogP contribution in [-0.2, 0) is 4.74 Å². The molecule has 5 heteroatoms. The van der Waals surface area contributed by atoms with Crippen LogP contribution in [0.15, 0.2) is 0 Å². The molecule has 1 saturated heterocycles. The fraction of sp³-hybridized carbons (Fsp3) is 0.889. The van der Waals surface area contributed by atoms with Gasteiger partial charge in [0.25, 0.3) is 0 Å². The fourth-order valence-electron chi connectivity index (χ4n) is 1.70. The van der Waals surface area contributed by atoms with Crippen LogP contribution in [0, 0.1) is 0 Å². The molecule has 0 saturated carbocycles. The van der Waals surface area contributed by atoms with E-state index >= 15 is 0 Å². The van der Waals surface area contributed by atoms with Crippen LogP contribution >= 0.6 is 0 Å². The summed E-state index contributed by atoms with van der Waals surface area (Å²) < 4.78 is 4.98. The number of rotatable bonds is 4. The van der Waals surface area contributed by atoms with E-state index in [0.29, 0.717) is 0 Å². The molecule has 0 aliphatic carbocycles. The average molecular weight is 202 g/mol. The third-order valence-corrected chi connectivity index (χ3v) is 2.53. The first-order chi connectivity index (χ1) is 6.72. The highest BCUT2D eigenvalue weighted by atomic mass is 16.5. The van der Waals surface area contributed by atoms with Gasteiger partial charge in [0.15, 0.2) is 0 Å². The van der Waals surface area contributed by atoms with E-state index in [1.54, 1.807) is 7.11 Å². The lowest BCUT2D eigenvalue weighted by atomic mass is 10.1. The summed E-state index contributed by atoms with van der Waals surface area (Å²) in [5.74, 6) is 0. The van der Waals surface area contributed by atoms with Gasteiger partial charge in [0, 0.05) is 32.8 Å². The van der Waals surface area contributed by atoms with Gasteiger partial charge in [-0.3, -0.25) is 0 Å². The summed E-state index contributed by atoms with van der Waals surface area (Å²) in [4.78, 5) is 12.7.